The van der Waals surface area contributed by atoms with E-state index >= 15 is 0 Å². The molecular formula is C10H13N3S. The lowest BCUT2D eigenvalue weighted by atomic mass is 10.1. The molecule has 3 nitrogen and oxygen atoms in total. The molecule has 0 spiro atoms. The summed E-state index contributed by atoms with van der Waals surface area (Å²) in [4.78, 5) is 0. The summed E-state index contributed by atoms with van der Waals surface area (Å²) in [6, 6.07) is 2.17. The topological polar surface area (TPSA) is 43.8 Å². The summed E-state index contributed by atoms with van der Waals surface area (Å²) in [5, 5.41) is 8.32. The normalized spacial score (nSPS) is 13.0. The number of thiophene rings is 1. The third-order valence-corrected chi connectivity index (χ3v) is 2.92. The summed E-state index contributed by atoms with van der Waals surface area (Å²) in [6.45, 7) is 0. The molecule has 0 aromatic carbocycles. The predicted octanol–water partition coefficient (Wildman–Crippen LogP) is 1.72. The van der Waals surface area contributed by atoms with E-state index in [4.69, 9.17) is 5.73 Å². The summed E-state index contributed by atoms with van der Waals surface area (Å²) >= 11 is 1.71. The fraction of sp³-hybridized carbons (Fsp3) is 0.300. The summed E-state index contributed by atoms with van der Waals surface area (Å²) < 4.78 is 1.78. The summed E-state index contributed by atoms with van der Waals surface area (Å²) in [6.07, 6.45) is 4.68. The van der Waals surface area contributed by atoms with Crippen LogP contribution < -0.4 is 5.73 Å². The van der Waals surface area contributed by atoms with E-state index in [1.54, 1.807) is 16.0 Å². The van der Waals surface area contributed by atoms with E-state index in [-0.39, 0.29) is 6.04 Å². The Morgan fingerprint density at radius 3 is 3.07 bits per heavy atom. The van der Waals surface area contributed by atoms with Crippen molar-refractivity contribution in [3.05, 3.63) is 40.3 Å². The third-order valence-electron chi connectivity index (χ3n) is 2.19. The van der Waals surface area contributed by atoms with Crippen LogP contribution in [0, 0.1) is 0 Å². The maximum absolute atomic E-state index is 6.05. The van der Waals surface area contributed by atoms with Crippen LogP contribution in [0.1, 0.15) is 17.2 Å². The lowest BCUT2D eigenvalue weighted by Crippen LogP contribution is -2.12. The minimum absolute atomic E-state index is 0.0540. The molecule has 0 aliphatic carbocycles. The SMILES string of the molecule is Cn1cc(C(N)Cc2ccsc2)cn1. The molecule has 74 valence electrons. The second-order valence-corrected chi connectivity index (χ2v) is 4.17. The highest BCUT2D eigenvalue weighted by Crippen LogP contribution is 2.16. The van der Waals surface area contributed by atoms with Crippen molar-refractivity contribution in [2.45, 2.75) is 12.5 Å². The Bertz CT molecular complexity index is 391. The second kappa shape index (κ2) is 3.94. The van der Waals surface area contributed by atoms with Gasteiger partial charge >= 0.3 is 0 Å². The number of hydrogen-bond donors (Lipinski definition) is 1. The number of rotatable bonds is 3. The number of nitrogens with zero attached hydrogens (tertiary/aromatic N) is 2. The Labute approximate surface area is 87.2 Å². The monoisotopic (exact) mass is 207 g/mol. The van der Waals surface area contributed by atoms with Crippen molar-refractivity contribution in [1.82, 2.24) is 9.78 Å². The van der Waals surface area contributed by atoms with Gasteiger partial charge in [0.1, 0.15) is 0 Å². The van der Waals surface area contributed by atoms with Crippen LogP contribution in [0.3, 0.4) is 0 Å². The molecule has 0 aliphatic rings. The van der Waals surface area contributed by atoms with E-state index < -0.39 is 0 Å². The minimum atomic E-state index is 0.0540. The first-order valence-corrected chi connectivity index (χ1v) is 5.45. The van der Waals surface area contributed by atoms with Gasteiger partial charge in [-0.05, 0) is 28.8 Å². The Balaban J connectivity index is 2.06. The van der Waals surface area contributed by atoms with Gasteiger partial charge in [0, 0.05) is 24.8 Å². The van der Waals surface area contributed by atoms with Crippen molar-refractivity contribution >= 4 is 11.3 Å². The fourth-order valence-electron chi connectivity index (χ4n) is 1.41. The third kappa shape index (κ3) is 2.02. The molecule has 4 heteroatoms. The standard InChI is InChI=1S/C10H13N3S/c1-13-6-9(5-12-13)10(11)4-8-2-3-14-7-8/h2-3,5-7,10H,4,11H2,1H3. The first kappa shape index (κ1) is 9.43. The zero-order valence-corrected chi connectivity index (χ0v) is 8.87. The largest absolute Gasteiger partial charge is 0.324 e. The van der Waals surface area contributed by atoms with Crippen LogP contribution in [-0.2, 0) is 13.5 Å². The maximum atomic E-state index is 6.05. The molecule has 0 aliphatic heterocycles. The van der Waals surface area contributed by atoms with E-state index in [2.05, 4.69) is 21.9 Å². The van der Waals surface area contributed by atoms with Crippen LogP contribution in [0.2, 0.25) is 0 Å². The molecule has 0 saturated carbocycles. The lowest BCUT2D eigenvalue weighted by molar-refractivity contribution is 0.719. The summed E-state index contributed by atoms with van der Waals surface area (Å²) in [7, 11) is 1.90. The Morgan fingerprint density at radius 2 is 2.50 bits per heavy atom. The van der Waals surface area contributed by atoms with E-state index in [1.807, 2.05) is 19.4 Å². The van der Waals surface area contributed by atoms with E-state index in [0.717, 1.165) is 12.0 Å². The van der Waals surface area contributed by atoms with Gasteiger partial charge in [-0.1, -0.05) is 0 Å². The molecule has 0 fully saturated rings. The van der Waals surface area contributed by atoms with Gasteiger partial charge in [-0.3, -0.25) is 4.68 Å². The zero-order chi connectivity index (χ0) is 9.97. The molecule has 0 radical (unpaired) electrons. The smallest absolute Gasteiger partial charge is 0.0537 e. The first-order chi connectivity index (χ1) is 6.75. The molecule has 0 amide bonds. The second-order valence-electron chi connectivity index (χ2n) is 3.39. The van der Waals surface area contributed by atoms with Crippen LogP contribution in [0.5, 0.6) is 0 Å². The Morgan fingerprint density at radius 1 is 1.64 bits per heavy atom. The number of nitrogens with two attached hydrogens (primary N) is 1. The van der Waals surface area contributed by atoms with E-state index in [0.29, 0.717) is 0 Å². The number of aromatic nitrogens is 2. The van der Waals surface area contributed by atoms with Crippen LogP contribution in [0.25, 0.3) is 0 Å². The minimum Gasteiger partial charge on any atom is -0.324 e. The molecule has 0 saturated heterocycles. The van der Waals surface area contributed by atoms with Crippen molar-refractivity contribution in [3.8, 4) is 0 Å². The number of aryl methyl sites for hydroxylation is 1. The summed E-state index contributed by atoms with van der Waals surface area (Å²) in [5.74, 6) is 0. The van der Waals surface area contributed by atoms with Gasteiger partial charge in [0.2, 0.25) is 0 Å². The summed E-state index contributed by atoms with van der Waals surface area (Å²) in [5.41, 5.74) is 8.44. The number of hydrogen-bond acceptors (Lipinski definition) is 3. The quantitative estimate of drug-likeness (QED) is 0.833. The lowest BCUT2D eigenvalue weighted by Gasteiger charge is -2.06. The van der Waals surface area contributed by atoms with E-state index in [1.165, 1.54) is 5.56 Å². The van der Waals surface area contributed by atoms with Crippen LogP contribution in [0.4, 0.5) is 0 Å². The average molecular weight is 207 g/mol. The Kier molecular flexibility index (Phi) is 2.65. The molecule has 2 rings (SSSR count). The van der Waals surface area contributed by atoms with Gasteiger partial charge in [-0.25, -0.2) is 0 Å². The predicted molar refractivity (Wildman–Crippen MR) is 58.2 cm³/mol. The molecule has 1 unspecified atom stereocenters. The molecule has 14 heavy (non-hydrogen) atoms. The average Bonchev–Trinajstić information content (AvgIpc) is 2.75. The first-order valence-electron chi connectivity index (χ1n) is 4.51. The van der Waals surface area contributed by atoms with Crippen molar-refractivity contribution in [2.24, 2.45) is 12.8 Å². The van der Waals surface area contributed by atoms with Crippen LogP contribution in [0.15, 0.2) is 29.2 Å². The molecule has 2 aromatic rings. The maximum Gasteiger partial charge on any atom is 0.0537 e. The van der Waals surface area contributed by atoms with Crippen molar-refractivity contribution < 1.29 is 0 Å². The van der Waals surface area contributed by atoms with Gasteiger partial charge in [0.05, 0.1) is 6.20 Å². The molecule has 0 bridgehead atoms. The van der Waals surface area contributed by atoms with Gasteiger partial charge in [0.25, 0.3) is 0 Å². The van der Waals surface area contributed by atoms with Gasteiger partial charge in [-0.15, -0.1) is 0 Å². The van der Waals surface area contributed by atoms with Crippen molar-refractivity contribution in [1.29, 1.82) is 0 Å². The van der Waals surface area contributed by atoms with Crippen molar-refractivity contribution in [3.63, 3.8) is 0 Å². The van der Waals surface area contributed by atoms with Gasteiger partial charge in [0.15, 0.2) is 0 Å². The highest BCUT2D eigenvalue weighted by molar-refractivity contribution is 7.07. The van der Waals surface area contributed by atoms with Gasteiger partial charge < -0.3 is 5.73 Å². The highest BCUT2D eigenvalue weighted by Gasteiger charge is 2.08. The molecule has 1 atom stereocenters. The molecule has 2 N–H and O–H groups in total. The Hall–Kier alpha value is -1.13. The fourth-order valence-corrected chi connectivity index (χ4v) is 2.09. The molecule has 2 heterocycles. The van der Waals surface area contributed by atoms with Crippen LogP contribution in [-0.4, -0.2) is 9.78 Å². The van der Waals surface area contributed by atoms with E-state index in [9.17, 15) is 0 Å². The van der Waals surface area contributed by atoms with Gasteiger partial charge in [-0.2, -0.15) is 16.4 Å². The molecule has 2 aromatic heterocycles. The van der Waals surface area contributed by atoms with Crippen molar-refractivity contribution in [2.75, 3.05) is 0 Å². The zero-order valence-electron chi connectivity index (χ0n) is 8.05. The molecular weight excluding hydrogens is 194 g/mol. The van der Waals surface area contributed by atoms with Crippen LogP contribution >= 0.6 is 11.3 Å². The highest BCUT2D eigenvalue weighted by atomic mass is 32.1.